The van der Waals surface area contributed by atoms with Gasteiger partial charge in [-0.25, -0.2) is 22.9 Å². The number of sulfonamides is 1. The maximum absolute atomic E-state index is 12.2. The molecule has 0 saturated heterocycles. The molecule has 21 heavy (non-hydrogen) atoms. The Kier molecular flexibility index (Phi) is 4.24. The Balaban J connectivity index is 2.19. The minimum Gasteiger partial charge on any atom is -0.478 e. The van der Waals surface area contributed by atoms with Crippen molar-refractivity contribution in [1.82, 2.24) is 14.3 Å². The first kappa shape index (κ1) is 15.0. The lowest BCUT2D eigenvalue weighted by Gasteiger charge is -2.10. The SMILES string of the molecule is Nc1ccc(C(=O)O)c(S(=O)(=O)NCCn2ccnc2)c1. The van der Waals surface area contributed by atoms with Crippen LogP contribution in [0.1, 0.15) is 10.4 Å². The number of nitrogen functional groups attached to an aromatic ring is 1. The van der Waals surface area contributed by atoms with Gasteiger partial charge in [0.15, 0.2) is 0 Å². The fourth-order valence-electron chi connectivity index (χ4n) is 1.74. The first-order valence-corrected chi connectivity index (χ1v) is 7.47. The Bertz CT molecular complexity index is 741. The highest BCUT2D eigenvalue weighted by Crippen LogP contribution is 2.19. The Hall–Kier alpha value is -2.39. The summed E-state index contributed by atoms with van der Waals surface area (Å²) in [6.07, 6.45) is 4.82. The maximum atomic E-state index is 12.2. The molecule has 112 valence electrons. The molecule has 1 aromatic heterocycles. The summed E-state index contributed by atoms with van der Waals surface area (Å²) < 4.78 is 28.4. The van der Waals surface area contributed by atoms with Gasteiger partial charge < -0.3 is 15.4 Å². The molecule has 1 heterocycles. The Morgan fingerprint density at radius 2 is 2.19 bits per heavy atom. The maximum Gasteiger partial charge on any atom is 0.337 e. The van der Waals surface area contributed by atoms with Crippen LogP contribution in [-0.4, -0.2) is 35.6 Å². The van der Waals surface area contributed by atoms with Crippen LogP contribution in [0, 0.1) is 0 Å². The molecule has 0 bridgehead atoms. The van der Waals surface area contributed by atoms with Crippen molar-refractivity contribution < 1.29 is 18.3 Å². The second kappa shape index (κ2) is 5.94. The summed E-state index contributed by atoms with van der Waals surface area (Å²) in [4.78, 5) is 14.6. The highest BCUT2D eigenvalue weighted by Gasteiger charge is 2.22. The van der Waals surface area contributed by atoms with Crippen molar-refractivity contribution >= 4 is 21.7 Å². The third kappa shape index (κ3) is 3.58. The summed E-state index contributed by atoms with van der Waals surface area (Å²) in [5.41, 5.74) is 5.39. The highest BCUT2D eigenvalue weighted by atomic mass is 32.2. The molecule has 0 atom stereocenters. The number of carboxylic acid groups (broad SMARTS) is 1. The fourth-order valence-corrected chi connectivity index (χ4v) is 3.00. The van der Waals surface area contributed by atoms with Gasteiger partial charge in [-0.05, 0) is 18.2 Å². The van der Waals surface area contributed by atoms with E-state index in [2.05, 4.69) is 9.71 Å². The normalized spacial score (nSPS) is 11.4. The van der Waals surface area contributed by atoms with Gasteiger partial charge in [-0.15, -0.1) is 0 Å². The molecular formula is C12H14N4O4S. The number of benzene rings is 1. The number of nitrogens with zero attached hydrogens (tertiary/aromatic N) is 2. The highest BCUT2D eigenvalue weighted by molar-refractivity contribution is 7.89. The molecule has 0 radical (unpaired) electrons. The van der Waals surface area contributed by atoms with Crippen LogP contribution >= 0.6 is 0 Å². The van der Waals surface area contributed by atoms with Crippen molar-refractivity contribution in [1.29, 1.82) is 0 Å². The van der Waals surface area contributed by atoms with E-state index in [1.807, 2.05) is 0 Å². The van der Waals surface area contributed by atoms with Gasteiger partial charge in [0, 0.05) is 31.2 Å². The molecule has 8 nitrogen and oxygen atoms in total. The molecule has 0 aliphatic rings. The van der Waals surface area contributed by atoms with E-state index < -0.39 is 16.0 Å². The number of nitrogens with two attached hydrogens (primary N) is 1. The number of imidazole rings is 1. The molecule has 0 aliphatic carbocycles. The first-order chi connectivity index (χ1) is 9.90. The van der Waals surface area contributed by atoms with Gasteiger partial charge in [-0.1, -0.05) is 0 Å². The number of carbonyl (C=O) groups is 1. The van der Waals surface area contributed by atoms with E-state index in [0.717, 1.165) is 6.07 Å². The van der Waals surface area contributed by atoms with E-state index in [1.165, 1.54) is 12.1 Å². The molecule has 2 aromatic rings. The Labute approximate surface area is 121 Å². The monoisotopic (exact) mass is 310 g/mol. The molecule has 0 unspecified atom stereocenters. The zero-order valence-corrected chi connectivity index (χ0v) is 11.7. The summed E-state index contributed by atoms with van der Waals surface area (Å²) in [6.45, 7) is 0.483. The largest absolute Gasteiger partial charge is 0.478 e. The van der Waals surface area contributed by atoms with E-state index in [1.54, 1.807) is 23.3 Å². The van der Waals surface area contributed by atoms with Crippen LogP contribution in [-0.2, 0) is 16.6 Å². The second-order valence-electron chi connectivity index (χ2n) is 4.26. The fraction of sp³-hybridized carbons (Fsp3) is 0.167. The third-order valence-electron chi connectivity index (χ3n) is 2.75. The minimum absolute atomic E-state index is 0.104. The number of rotatable bonds is 6. The van der Waals surface area contributed by atoms with Gasteiger partial charge in [0.2, 0.25) is 10.0 Å². The summed E-state index contributed by atoms with van der Waals surface area (Å²) in [5, 5.41) is 9.05. The number of aromatic carboxylic acids is 1. The third-order valence-corrected chi connectivity index (χ3v) is 4.25. The quantitative estimate of drug-likeness (QED) is 0.651. The lowest BCUT2D eigenvalue weighted by molar-refractivity contribution is 0.0692. The standard InChI is InChI=1S/C12H14N4O4S/c13-9-1-2-10(12(17)18)11(7-9)21(19,20)15-4-6-16-5-3-14-8-16/h1-3,5,7-8,15H,4,6,13H2,(H,17,18). The average Bonchev–Trinajstić information content (AvgIpc) is 2.91. The van der Waals surface area contributed by atoms with Crippen molar-refractivity contribution in [2.45, 2.75) is 11.4 Å². The summed E-state index contributed by atoms with van der Waals surface area (Å²) in [5.74, 6) is -1.33. The number of carboxylic acids is 1. The van der Waals surface area contributed by atoms with Crippen LogP contribution in [0.25, 0.3) is 0 Å². The molecule has 4 N–H and O–H groups in total. The van der Waals surface area contributed by atoms with Gasteiger partial charge in [-0.2, -0.15) is 0 Å². The summed E-state index contributed by atoms with van der Waals surface area (Å²) in [7, 11) is -3.96. The zero-order chi connectivity index (χ0) is 15.5. The van der Waals surface area contributed by atoms with E-state index in [0.29, 0.717) is 6.54 Å². The van der Waals surface area contributed by atoms with Crippen molar-refractivity contribution in [3.05, 3.63) is 42.5 Å². The van der Waals surface area contributed by atoms with Crippen molar-refractivity contribution in [2.75, 3.05) is 12.3 Å². The van der Waals surface area contributed by atoms with Crippen LogP contribution in [0.5, 0.6) is 0 Å². The Morgan fingerprint density at radius 3 is 2.81 bits per heavy atom. The van der Waals surface area contributed by atoms with Crippen LogP contribution in [0.15, 0.2) is 41.8 Å². The summed E-state index contributed by atoms with van der Waals surface area (Å²) >= 11 is 0. The molecule has 2 rings (SSSR count). The van der Waals surface area contributed by atoms with E-state index in [9.17, 15) is 13.2 Å². The zero-order valence-electron chi connectivity index (χ0n) is 10.9. The number of hydrogen-bond donors (Lipinski definition) is 3. The predicted molar refractivity (Wildman–Crippen MR) is 75.2 cm³/mol. The second-order valence-corrected chi connectivity index (χ2v) is 5.99. The molecule has 0 spiro atoms. The Morgan fingerprint density at radius 1 is 1.43 bits per heavy atom. The van der Waals surface area contributed by atoms with E-state index in [-0.39, 0.29) is 22.7 Å². The van der Waals surface area contributed by atoms with Crippen LogP contribution in [0.3, 0.4) is 0 Å². The molecule has 0 saturated carbocycles. The molecule has 1 aromatic carbocycles. The minimum atomic E-state index is -3.96. The van der Waals surface area contributed by atoms with Crippen molar-refractivity contribution in [3.8, 4) is 0 Å². The molecule has 0 aliphatic heterocycles. The lowest BCUT2D eigenvalue weighted by Crippen LogP contribution is -2.28. The predicted octanol–water partition coefficient (Wildman–Crippen LogP) is 0.142. The van der Waals surface area contributed by atoms with Gasteiger partial charge in [0.05, 0.1) is 16.8 Å². The number of hydrogen-bond acceptors (Lipinski definition) is 5. The van der Waals surface area contributed by atoms with Crippen LogP contribution in [0.4, 0.5) is 5.69 Å². The van der Waals surface area contributed by atoms with E-state index in [4.69, 9.17) is 10.8 Å². The lowest BCUT2D eigenvalue weighted by atomic mass is 10.2. The number of anilines is 1. The van der Waals surface area contributed by atoms with Gasteiger partial charge >= 0.3 is 5.97 Å². The molecule has 0 amide bonds. The molecular weight excluding hydrogens is 296 g/mol. The smallest absolute Gasteiger partial charge is 0.337 e. The van der Waals surface area contributed by atoms with Crippen LogP contribution in [0.2, 0.25) is 0 Å². The molecule has 0 fully saturated rings. The first-order valence-electron chi connectivity index (χ1n) is 5.98. The van der Waals surface area contributed by atoms with Gasteiger partial charge in [-0.3, -0.25) is 0 Å². The van der Waals surface area contributed by atoms with Gasteiger partial charge in [0.25, 0.3) is 0 Å². The van der Waals surface area contributed by atoms with Crippen molar-refractivity contribution in [2.24, 2.45) is 0 Å². The van der Waals surface area contributed by atoms with Crippen molar-refractivity contribution in [3.63, 3.8) is 0 Å². The van der Waals surface area contributed by atoms with Crippen LogP contribution < -0.4 is 10.5 Å². The number of aromatic nitrogens is 2. The molecule has 9 heteroatoms. The topological polar surface area (TPSA) is 127 Å². The van der Waals surface area contributed by atoms with E-state index >= 15 is 0 Å². The average molecular weight is 310 g/mol. The summed E-state index contributed by atoms with van der Waals surface area (Å²) in [6, 6.07) is 3.64. The van der Waals surface area contributed by atoms with Gasteiger partial charge in [0.1, 0.15) is 0 Å². The number of nitrogens with one attached hydrogen (secondary N) is 1.